The van der Waals surface area contributed by atoms with Crippen LogP contribution in [0.25, 0.3) is 0 Å². The van der Waals surface area contributed by atoms with E-state index in [1.807, 2.05) is 13.0 Å². The molecular weight excluding hydrogens is 336 g/mol. The van der Waals surface area contributed by atoms with E-state index < -0.39 is 36.0 Å². The highest BCUT2D eigenvalue weighted by Gasteiger charge is 2.46. The second kappa shape index (κ2) is 6.94. The smallest absolute Gasteiger partial charge is 0.334 e. The van der Waals surface area contributed by atoms with Crippen molar-refractivity contribution < 1.29 is 28.6 Å². The number of carbonyl (C=O) groups excluding carboxylic acids is 3. The topological polar surface area (TPSA) is 78.9 Å². The molecule has 0 N–H and O–H groups in total. The van der Waals surface area contributed by atoms with Crippen molar-refractivity contribution in [1.29, 1.82) is 0 Å². The Morgan fingerprint density at radius 2 is 1.96 bits per heavy atom. The molecule has 6 heteroatoms. The number of allylic oxidation sites excluding steroid dienone is 1. The van der Waals surface area contributed by atoms with Crippen molar-refractivity contribution in [2.24, 2.45) is 5.92 Å². The second-order valence-corrected chi connectivity index (χ2v) is 6.89. The first-order valence-corrected chi connectivity index (χ1v) is 8.62. The molecule has 3 rings (SSSR count). The highest BCUT2D eigenvalue weighted by atomic mass is 16.6. The zero-order chi connectivity index (χ0) is 19.0. The zero-order valence-electron chi connectivity index (χ0n) is 15.1. The maximum absolute atomic E-state index is 12.3. The minimum Gasteiger partial charge on any atom is -0.458 e. The summed E-state index contributed by atoms with van der Waals surface area (Å²) >= 11 is 0. The van der Waals surface area contributed by atoms with Gasteiger partial charge in [0.25, 0.3) is 0 Å². The number of hydrogen-bond acceptors (Lipinski definition) is 6. The third kappa shape index (κ3) is 3.36. The first-order chi connectivity index (χ1) is 12.3. The van der Waals surface area contributed by atoms with Gasteiger partial charge in [-0.05, 0) is 32.9 Å². The molecule has 0 aromatic carbocycles. The minimum absolute atomic E-state index is 0.155. The van der Waals surface area contributed by atoms with Crippen LogP contribution in [0.4, 0.5) is 0 Å². The molecule has 1 aliphatic carbocycles. The van der Waals surface area contributed by atoms with Crippen LogP contribution in [0, 0.1) is 5.92 Å². The van der Waals surface area contributed by atoms with Crippen molar-refractivity contribution in [2.45, 2.75) is 51.9 Å². The van der Waals surface area contributed by atoms with E-state index in [1.165, 1.54) is 0 Å². The van der Waals surface area contributed by atoms with Gasteiger partial charge in [0.2, 0.25) is 0 Å². The van der Waals surface area contributed by atoms with Crippen LogP contribution in [0.5, 0.6) is 0 Å². The van der Waals surface area contributed by atoms with Crippen molar-refractivity contribution >= 4 is 17.9 Å². The molecule has 0 spiro atoms. The summed E-state index contributed by atoms with van der Waals surface area (Å²) in [5.74, 6) is -1.96. The lowest BCUT2D eigenvalue weighted by Gasteiger charge is -2.26. The van der Waals surface area contributed by atoms with Crippen LogP contribution in [0.1, 0.15) is 33.6 Å². The van der Waals surface area contributed by atoms with E-state index in [9.17, 15) is 14.4 Å². The standard InChI is InChI=1S/C20H22O6/c1-5-11(3)18(21)25-16-9-13-8-14(24-20(13)23)6-10(2)7-15-17(16)12(4)19(22)26-15/h5,7-8,14-17H,4,6,9H2,1-3H3/b10-7-,11-5-. The average Bonchev–Trinajstić information content (AvgIpc) is 3.04. The molecule has 4 atom stereocenters. The van der Waals surface area contributed by atoms with E-state index in [4.69, 9.17) is 14.2 Å². The number of fused-ring (bicyclic) bond motifs is 2. The van der Waals surface area contributed by atoms with E-state index in [-0.39, 0.29) is 18.1 Å². The fourth-order valence-electron chi connectivity index (χ4n) is 3.44. The highest BCUT2D eigenvalue weighted by molar-refractivity contribution is 5.93. The molecule has 2 bridgehead atoms. The number of hydrogen-bond donors (Lipinski definition) is 0. The van der Waals surface area contributed by atoms with Crippen LogP contribution in [0.15, 0.2) is 47.1 Å². The van der Waals surface area contributed by atoms with Gasteiger partial charge in [0.15, 0.2) is 0 Å². The Labute approximate surface area is 152 Å². The van der Waals surface area contributed by atoms with Crippen molar-refractivity contribution in [1.82, 2.24) is 0 Å². The van der Waals surface area contributed by atoms with E-state index >= 15 is 0 Å². The molecule has 0 aromatic rings. The van der Waals surface area contributed by atoms with Crippen LogP contribution < -0.4 is 0 Å². The summed E-state index contributed by atoms with van der Waals surface area (Å²) < 4.78 is 16.5. The SMILES string of the molecule is C=C1C(=O)OC2/C=C(/C)CC3C=C(CC(OC(=O)/C(C)=C\C)C12)C(=O)O3. The Morgan fingerprint density at radius 1 is 1.23 bits per heavy atom. The van der Waals surface area contributed by atoms with Gasteiger partial charge in [-0.3, -0.25) is 0 Å². The molecule has 2 heterocycles. The Morgan fingerprint density at radius 3 is 2.65 bits per heavy atom. The van der Waals surface area contributed by atoms with Gasteiger partial charge >= 0.3 is 17.9 Å². The van der Waals surface area contributed by atoms with Gasteiger partial charge < -0.3 is 14.2 Å². The van der Waals surface area contributed by atoms with Crippen molar-refractivity contribution in [3.63, 3.8) is 0 Å². The molecule has 0 radical (unpaired) electrons. The van der Waals surface area contributed by atoms with E-state index in [1.54, 1.807) is 26.0 Å². The van der Waals surface area contributed by atoms with Crippen LogP contribution in [0.3, 0.4) is 0 Å². The largest absolute Gasteiger partial charge is 0.458 e. The average molecular weight is 358 g/mol. The molecule has 1 saturated heterocycles. The first kappa shape index (κ1) is 18.2. The molecular formula is C20H22O6. The van der Waals surface area contributed by atoms with Crippen molar-refractivity contribution in [3.8, 4) is 0 Å². The fourth-order valence-corrected chi connectivity index (χ4v) is 3.44. The Bertz CT molecular complexity index is 769. The summed E-state index contributed by atoms with van der Waals surface area (Å²) in [6, 6.07) is 0. The summed E-state index contributed by atoms with van der Waals surface area (Å²) in [6.45, 7) is 9.10. The Balaban J connectivity index is 2.00. The number of carbonyl (C=O) groups is 3. The quantitative estimate of drug-likeness (QED) is 0.327. The zero-order valence-corrected chi connectivity index (χ0v) is 15.1. The maximum atomic E-state index is 12.3. The first-order valence-electron chi connectivity index (χ1n) is 8.62. The molecule has 0 aromatic heterocycles. The second-order valence-electron chi connectivity index (χ2n) is 6.89. The molecule has 4 unspecified atom stereocenters. The van der Waals surface area contributed by atoms with Gasteiger partial charge in [0.05, 0.1) is 5.92 Å². The Hall–Kier alpha value is -2.63. The van der Waals surface area contributed by atoms with Crippen molar-refractivity contribution in [3.05, 3.63) is 47.1 Å². The molecule has 138 valence electrons. The van der Waals surface area contributed by atoms with Gasteiger partial charge in [0.1, 0.15) is 18.3 Å². The van der Waals surface area contributed by atoms with Gasteiger partial charge in [-0.2, -0.15) is 0 Å². The van der Waals surface area contributed by atoms with Crippen LogP contribution in [0.2, 0.25) is 0 Å². The van der Waals surface area contributed by atoms with Crippen LogP contribution >= 0.6 is 0 Å². The Kier molecular flexibility index (Phi) is 4.85. The summed E-state index contributed by atoms with van der Waals surface area (Å²) in [4.78, 5) is 36.6. The lowest BCUT2D eigenvalue weighted by Crippen LogP contribution is -2.34. The van der Waals surface area contributed by atoms with Gasteiger partial charge in [0, 0.05) is 29.6 Å². The molecule has 2 aliphatic heterocycles. The van der Waals surface area contributed by atoms with E-state index in [0.29, 0.717) is 17.6 Å². The molecule has 1 fully saturated rings. The summed E-state index contributed by atoms with van der Waals surface area (Å²) in [6.07, 6.45) is 4.26. The van der Waals surface area contributed by atoms with Crippen LogP contribution in [-0.2, 0) is 28.6 Å². The summed E-state index contributed by atoms with van der Waals surface area (Å²) in [5.41, 5.74) is 2.07. The molecule has 26 heavy (non-hydrogen) atoms. The maximum Gasteiger partial charge on any atom is 0.334 e. The molecule has 0 saturated carbocycles. The minimum atomic E-state index is -0.749. The highest BCUT2D eigenvalue weighted by Crippen LogP contribution is 2.38. The molecule has 3 aliphatic rings. The van der Waals surface area contributed by atoms with Gasteiger partial charge in [-0.25, -0.2) is 14.4 Å². The predicted molar refractivity (Wildman–Crippen MR) is 92.8 cm³/mol. The fraction of sp³-hybridized carbons (Fsp3) is 0.450. The van der Waals surface area contributed by atoms with Crippen molar-refractivity contribution in [2.75, 3.05) is 0 Å². The summed E-state index contributed by atoms with van der Waals surface area (Å²) in [7, 11) is 0. The van der Waals surface area contributed by atoms with Gasteiger partial charge in [-0.1, -0.05) is 18.2 Å². The lowest BCUT2D eigenvalue weighted by atomic mass is 9.85. The monoisotopic (exact) mass is 358 g/mol. The van der Waals surface area contributed by atoms with E-state index in [2.05, 4.69) is 6.58 Å². The number of esters is 3. The van der Waals surface area contributed by atoms with E-state index in [0.717, 1.165) is 5.57 Å². The number of ether oxygens (including phenoxy) is 3. The third-order valence-corrected chi connectivity index (χ3v) is 4.98. The number of rotatable bonds is 2. The summed E-state index contributed by atoms with van der Waals surface area (Å²) in [5, 5.41) is 0. The van der Waals surface area contributed by atoms with Crippen LogP contribution in [-0.4, -0.2) is 36.2 Å². The van der Waals surface area contributed by atoms with Gasteiger partial charge in [-0.15, -0.1) is 0 Å². The predicted octanol–water partition coefficient (Wildman–Crippen LogP) is 2.55. The molecule has 0 amide bonds. The third-order valence-electron chi connectivity index (χ3n) is 4.98. The molecule has 6 nitrogen and oxygen atoms in total. The lowest BCUT2D eigenvalue weighted by molar-refractivity contribution is -0.148. The normalized spacial score (nSPS) is 33.5.